The maximum Gasteiger partial charge on any atom is 0.313 e. The SMILES string of the molecule is CN(C)CCOC(=O)CC(=O)C=Cc1ccccc1[N+](=O)[O-]. The first-order valence-corrected chi connectivity index (χ1v) is 6.65. The van der Waals surface area contributed by atoms with Crippen molar-refractivity contribution in [3.05, 3.63) is 46.0 Å². The first-order valence-electron chi connectivity index (χ1n) is 6.65. The third-order valence-electron chi connectivity index (χ3n) is 2.70. The van der Waals surface area contributed by atoms with Crippen molar-refractivity contribution in [3.63, 3.8) is 0 Å². The van der Waals surface area contributed by atoms with Gasteiger partial charge in [0.2, 0.25) is 0 Å². The van der Waals surface area contributed by atoms with E-state index >= 15 is 0 Å². The molecule has 0 saturated heterocycles. The lowest BCUT2D eigenvalue weighted by Gasteiger charge is -2.09. The van der Waals surface area contributed by atoms with E-state index < -0.39 is 16.7 Å². The molecular formula is C15H18N2O5. The Kier molecular flexibility index (Phi) is 6.91. The van der Waals surface area contributed by atoms with Crippen LogP contribution in [0.2, 0.25) is 0 Å². The number of rotatable bonds is 8. The molecule has 0 saturated carbocycles. The highest BCUT2D eigenvalue weighted by atomic mass is 16.6. The van der Waals surface area contributed by atoms with Gasteiger partial charge >= 0.3 is 5.97 Å². The molecule has 0 N–H and O–H groups in total. The zero-order valence-corrected chi connectivity index (χ0v) is 12.5. The number of hydrogen-bond acceptors (Lipinski definition) is 6. The van der Waals surface area contributed by atoms with Gasteiger partial charge in [0.25, 0.3) is 5.69 Å². The van der Waals surface area contributed by atoms with E-state index in [9.17, 15) is 19.7 Å². The maximum atomic E-state index is 11.6. The van der Waals surface area contributed by atoms with Crippen molar-refractivity contribution < 1.29 is 19.2 Å². The summed E-state index contributed by atoms with van der Waals surface area (Å²) in [6.07, 6.45) is 2.09. The Morgan fingerprint density at radius 1 is 1.32 bits per heavy atom. The van der Waals surface area contributed by atoms with E-state index in [2.05, 4.69) is 0 Å². The molecule has 0 atom stereocenters. The molecule has 0 heterocycles. The predicted molar refractivity (Wildman–Crippen MR) is 81.3 cm³/mol. The van der Waals surface area contributed by atoms with E-state index in [4.69, 9.17) is 4.74 Å². The highest BCUT2D eigenvalue weighted by Crippen LogP contribution is 2.18. The van der Waals surface area contributed by atoms with E-state index in [1.807, 2.05) is 19.0 Å². The number of benzene rings is 1. The molecule has 0 spiro atoms. The summed E-state index contributed by atoms with van der Waals surface area (Å²) in [5.74, 6) is -1.08. The van der Waals surface area contributed by atoms with Crippen LogP contribution in [0.3, 0.4) is 0 Å². The lowest BCUT2D eigenvalue weighted by atomic mass is 10.1. The van der Waals surface area contributed by atoms with Crippen molar-refractivity contribution in [2.75, 3.05) is 27.2 Å². The lowest BCUT2D eigenvalue weighted by Crippen LogP contribution is -2.20. The second-order valence-electron chi connectivity index (χ2n) is 4.82. The van der Waals surface area contributed by atoms with Gasteiger partial charge in [-0.25, -0.2) is 0 Å². The van der Waals surface area contributed by atoms with Crippen LogP contribution in [-0.2, 0) is 14.3 Å². The van der Waals surface area contributed by atoms with Crippen LogP contribution in [0.1, 0.15) is 12.0 Å². The van der Waals surface area contributed by atoms with Gasteiger partial charge in [0, 0.05) is 12.6 Å². The van der Waals surface area contributed by atoms with E-state index in [0.717, 1.165) is 6.08 Å². The Morgan fingerprint density at radius 2 is 2.00 bits per heavy atom. The number of nitrogens with zero attached hydrogens (tertiary/aromatic N) is 2. The van der Waals surface area contributed by atoms with E-state index in [1.54, 1.807) is 12.1 Å². The monoisotopic (exact) mass is 306 g/mol. The molecule has 7 nitrogen and oxygen atoms in total. The largest absolute Gasteiger partial charge is 0.464 e. The van der Waals surface area contributed by atoms with Crippen LogP contribution >= 0.6 is 0 Å². The van der Waals surface area contributed by atoms with Gasteiger partial charge in [-0.2, -0.15) is 0 Å². The third-order valence-corrected chi connectivity index (χ3v) is 2.70. The van der Waals surface area contributed by atoms with Gasteiger partial charge in [-0.15, -0.1) is 0 Å². The summed E-state index contributed by atoms with van der Waals surface area (Å²) in [6.45, 7) is 0.791. The van der Waals surface area contributed by atoms with Crippen molar-refractivity contribution in [2.45, 2.75) is 6.42 Å². The second-order valence-corrected chi connectivity index (χ2v) is 4.82. The number of nitro benzene ring substituents is 1. The van der Waals surface area contributed by atoms with E-state index in [0.29, 0.717) is 12.1 Å². The number of likely N-dealkylation sites (N-methyl/N-ethyl adjacent to an activating group) is 1. The molecule has 1 aromatic rings. The molecule has 0 aliphatic carbocycles. The molecule has 0 aliphatic rings. The van der Waals surface area contributed by atoms with Crippen LogP contribution in [-0.4, -0.2) is 48.8 Å². The van der Waals surface area contributed by atoms with Crippen LogP contribution in [0.4, 0.5) is 5.69 Å². The molecule has 1 rings (SSSR count). The number of para-hydroxylation sites is 1. The average molecular weight is 306 g/mol. The topological polar surface area (TPSA) is 89.8 Å². The van der Waals surface area contributed by atoms with Crippen LogP contribution in [0, 0.1) is 10.1 Å². The maximum absolute atomic E-state index is 11.6. The Hall–Kier alpha value is -2.54. The molecular weight excluding hydrogens is 288 g/mol. The van der Waals surface area contributed by atoms with Crippen molar-refractivity contribution >= 4 is 23.5 Å². The molecule has 0 aromatic heterocycles. The third kappa shape index (κ3) is 6.27. The number of carbonyl (C=O) groups excluding carboxylic acids is 2. The lowest BCUT2D eigenvalue weighted by molar-refractivity contribution is -0.385. The summed E-state index contributed by atoms with van der Waals surface area (Å²) < 4.78 is 4.89. The summed E-state index contributed by atoms with van der Waals surface area (Å²) in [6, 6.07) is 6.04. The van der Waals surface area contributed by atoms with Gasteiger partial charge in [-0.1, -0.05) is 12.1 Å². The van der Waals surface area contributed by atoms with E-state index in [-0.39, 0.29) is 18.7 Å². The standard InChI is InChI=1S/C15H18N2O5/c1-16(2)9-10-22-15(19)11-13(18)8-7-12-5-3-4-6-14(12)17(20)21/h3-8H,9-11H2,1-2H3. The molecule has 0 aliphatic heterocycles. The van der Waals surface area contributed by atoms with Crippen LogP contribution in [0.15, 0.2) is 30.3 Å². The van der Waals surface area contributed by atoms with Crippen LogP contribution in [0.5, 0.6) is 0 Å². The smallest absolute Gasteiger partial charge is 0.313 e. The Bertz CT molecular complexity index is 581. The fourth-order valence-electron chi connectivity index (χ4n) is 1.57. The normalized spacial score (nSPS) is 10.9. The predicted octanol–water partition coefficient (Wildman–Crippen LogP) is 1.67. The molecule has 0 fully saturated rings. The number of nitro groups is 1. The van der Waals surface area contributed by atoms with Gasteiger partial charge in [0.15, 0.2) is 5.78 Å². The zero-order chi connectivity index (χ0) is 16.5. The summed E-state index contributed by atoms with van der Waals surface area (Å²) in [7, 11) is 3.68. The highest BCUT2D eigenvalue weighted by Gasteiger charge is 2.11. The number of carbonyl (C=O) groups is 2. The number of ether oxygens (including phenoxy) is 1. The Labute approximate surface area is 128 Å². The minimum absolute atomic E-state index is 0.0971. The molecule has 0 radical (unpaired) electrons. The Balaban J connectivity index is 2.55. The summed E-state index contributed by atoms with van der Waals surface area (Å²) in [5, 5.41) is 10.8. The minimum Gasteiger partial charge on any atom is -0.464 e. The van der Waals surface area contributed by atoms with Crippen molar-refractivity contribution in [1.82, 2.24) is 4.90 Å². The molecule has 7 heteroatoms. The number of esters is 1. The van der Waals surface area contributed by atoms with Crippen molar-refractivity contribution in [3.8, 4) is 0 Å². The quantitative estimate of drug-likeness (QED) is 0.239. The molecule has 0 amide bonds. The fourth-order valence-corrected chi connectivity index (χ4v) is 1.57. The zero-order valence-electron chi connectivity index (χ0n) is 12.5. The first-order chi connectivity index (χ1) is 10.4. The molecule has 0 unspecified atom stereocenters. The van der Waals surface area contributed by atoms with Gasteiger partial charge in [0.1, 0.15) is 13.0 Å². The number of allylic oxidation sites excluding steroid dienone is 1. The van der Waals surface area contributed by atoms with Gasteiger partial charge in [0.05, 0.1) is 10.5 Å². The molecule has 0 bridgehead atoms. The van der Waals surface area contributed by atoms with Gasteiger partial charge in [-0.3, -0.25) is 19.7 Å². The van der Waals surface area contributed by atoms with Crippen LogP contribution in [0.25, 0.3) is 6.08 Å². The fraction of sp³-hybridized carbons (Fsp3) is 0.333. The van der Waals surface area contributed by atoms with Gasteiger partial charge in [-0.05, 0) is 32.3 Å². The molecule has 118 valence electrons. The Morgan fingerprint density at radius 3 is 2.64 bits per heavy atom. The van der Waals surface area contributed by atoms with E-state index in [1.165, 1.54) is 18.2 Å². The second kappa shape index (κ2) is 8.68. The number of hydrogen-bond donors (Lipinski definition) is 0. The average Bonchev–Trinajstić information content (AvgIpc) is 2.44. The van der Waals surface area contributed by atoms with Crippen molar-refractivity contribution in [1.29, 1.82) is 0 Å². The molecule has 22 heavy (non-hydrogen) atoms. The first kappa shape index (κ1) is 17.5. The minimum atomic E-state index is -0.612. The summed E-state index contributed by atoms with van der Waals surface area (Å²) in [5.41, 5.74) is 0.210. The highest BCUT2D eigenvalue weighted by molar-refractivity contribution is 6.04. The van der Waals surface area contributed by atoms with Crippen molar-refractivity contribution in [2.24, 2.45) is 0 Å². The summed E-state index contributed by atoms with van der Waals surface area (Å²) >= 11 is 0. The van der Waals surface area contributed by atoms with Gasteiger partial charge < -0.3 is 9.64 Å². The number of ketones is 1. The summed E-state index contributed by atoms with van der Waals surface area (Å²) in [4.78, 5) is 35.2. The molecule has 1 aromatic carbocycles. The van der Waals surface area contributed by atoms with Crippen LogP contribution < -0.4 is 0 Å².